The van der Waals surface area contributed by atoms with E-state index in [0.29, 0.717) is 17.8 Å². The van der Waals surface area contributed by atoms with Gasteiger partial charge >= 0.3 is 5.97 Å². The van der Waals surface area contributed by atoms with Gasteiger partial charge in [0.2, 0.25) is 0 Å². The number of ketones is 1. The predicted molar refractivity (Wildman–Crippen MR) is 90.1 cm³/mol. The van der Waals surface area contributed by atoms with Gasteiger partial charge in [-0.25, -0.2) is 4.79 Å². The van der Waals surface area contributed by atoms with Crippen LogP contribution in [0.2, 0.25) is 0 Å². The summed E-state index contributed by atoms with van der Waals surface area (Å²) in [5.41, 5.74) is 1.20. The third-order valence-corrected chi connectivity index (χ3v) is 3.32. The van der Waals surface area contributed by atoms with E-state index in [1.54, 1.807) is 18.2 Å². The molecule has 0 fully saturated rings. The number of rotatable bonds is 7. The van der Waals surface area contributed by atoms with E-state index in [2.05, 4.69) is 11.6 Å². The normalized spacial score (nSPS) is 10.0. The highest BCUT2D eigenvalue weighted by Crippen LogP contribution is 2.14. The van der Waals surface area contributed by atoms with E-state index in [4.69, 9.17) is 4.74 Å². The van der Waals surface area contributed by atoms with Gasteiger partial charge in [-0.15, -0.1) is 6.58 Å². The van der Waals surface area contributed by atoms with Crippen LogP contribution >= 0.6 is 0 Å². The molecule has 0 atom stereocenters. The Labute approximate surface area is 139 Å². The Hall–Kier alpha value is -3.15. The smallest absolute Gasteiger partial charge is 0.355 e. The summed E-state index contributed by atoms with van der Waals surface area (Å²) in [7, 11) is 0. The van der Waals surface area contributed by atoms with Gasteiger partial charge in [-0.1, -0.05) is 24.3 Å². The van der Waals surface area contributed by atoms with Crippen molar-refractivity contribution in [1.82, 2.24) is 4.98 Å². The average molecular weight is 326 g/mol. The van der Waals surface area contributed by atoms with Gasteiger partial charge in [0.15, 0.2) is 12.4 Å². The van der Waals surface area contributed by atoms with Crippen LogP contribution in [0.1, 0.15) is 27.8 Å². The minimum atomic E-state index is -0.692. The Morgan fingerprint density at radius 3 is 2.54 bits per heavy atom. The maximum absolute atomic E-state index is 12.3. The van der Waals surface area contributed by atoms with Crippen molar-refractivity contribution in [3.8, 4) is 0 Å². The molecule has 2 aromatic rings. The molecule has 1 N–H and O–H groups in total. The number of hydrogen-bond donors (Lipinski definition) is 1. The molecule has 0 saturated heterocycles. The highest BCUT2D eigenvalue weighted by atomic mass is 16.5. The van der Waals surface area contributed by atoms with Crippen molar-refractivity contribution in [3.63, 3.8) is 0 Å². The first-order valence-corrected chi connectivity index (χ1v) is 7.35. The van der Waals surface area contributed by atoms with Gasteiger partial charge in [-0.3, -0.25) is 9.59 Å². The van der Waals surface area contributed by atoms with Gasteiger partial charge in [0.1, 0.15) is 5.69 Å². The number of ether oxygens (including phenoxy) is 1. The molecule has 124 valence electrons. The van der Waals surface area contributed by atoms with Crippen LogP contribution in [0.25, 0.3) is 0 Å². The molecule has 1 amide bonds. The van der Waals surface area contributed by atoms with E-state index in [9.17, 15) is 14.4 Å². The number of aromatic amines is 1. The number of aromatic nitrogens is 1. The van der Waals surface area contributed by atoms with Crippen LogP contribution in [0.5, 0.6) is 0 Å². The van der Waals surface area contributed by atoms with E-state index in [0.717, 1.165) is 0 Å². The standard InChI is InChI=1S/C18H18N2O4/c1-3-9-20(15-7-5-4-6-8-15)17(22)12-24-18(23)16-10-14(11-19-16)13(2)21/h3-8,10-11,19H,1,9,12H2,2H3. The summed E-state index contributed by atoms with van der Waals surface area (Å²) < 4.78 is 5.02. The van der Waals surface area contributed by atoms with E-state index in [1.807, 2.05) is 18.2 Å². The molecular weight excluding hydrogens is 308 g/mol. The van der Waals surface area contributed by atoms with E-state index in [-0.39, 0.29) is 17.4 Å². The Bertz CT molecular complexity index is 749. The van der Waals surface area contributed by atoms with Crippen LogP contribution in [0.3, 0.4) is 0 Å². The first-order chi connectivity index (χ1) is 11.5. The number of hydrogen-bond acceptors (Lipinski definition) is 4. The minimum Gasteiger partial charge on any atom is -0.451 e. The molecule has 0 saturated carbocycles. The number of Topliss-reactive ketones (excluding diaryl/α,β-unsaturated/α-hetero) is 1. The molecule has 0 aliphatic heterocycles. The highest BCUT2D eigenvalue weighted by Gasteiger charge is 2.18. The topological polar surface area (TPSA) is 79.5 Å². The molecule has 6 nitrogen and oxygen atoms in total. The third kappa shape index (κ3) is 4.19. The van der Waals surface area contributed by atoms with Gasteiger partial charge in [-0.2, -0.15) is 0 Å². The molecule has 0 unspecified atom stereocenters. The summed E-state index contributed by atoms with van der Waals surface area (Å²) in [5.74, 6) is -1.22. The number of amides is 1. The quantitative estimate of drug-likeness (QED) is 0.482. The van der Waals surface area contributed by atoms with Crippen molar-refractivity contribution in [2.45, 2.75) is 6.92 Å². The maximum Gasteiger partial charge on any atom is 0.355 e. The number of esters is 1. The van der Waals surface area contributed by atoms with Crippen LogP contribution in [-0.4, -0.2) is 35.8 Å². The van der Waals surface area contributed by atoms with Crippen molar-refractivity contribution in [2.24, 2.45) is 0 Å². The summed E-state index contributed by atoms with van der Waals surface area (Å²) >= 11 is 0. The summed E-state index contributed by atoms with van der Waals surface area (Å²) in [5, 5.41) is 0. The Kier molecular flexibility index (Phi) is 5.68. The molecule has 1 aromatic heterocycles. The molecule has 0 aliphatic carbocycles. The number of carbonyl (C=O) groups excluding carboxylic acids is 3. The number of benzene rings is 1. The number of nitrogens with one attached hydrogen (secondary N) is 1. The molecule has 24 heavy (non-hydrogen) atoms. The average Bonchev–Trinajstić information content (AvgIpc) is 3.08. The summed E-state index contributed by atoms with van der Waals surface area (Å²) in [6.07, 6.45) is 3.02. The SMILES string of the molecule is C=CCN(C(=O)COC(=O)c1cc(C(C)=O)c[nH]1)c1ccccc1. The van der Waals surface area contributed by atoms with Gasteiger partial charge in [-0.05, 0) is 25.1 Å². The Morgan fingerprint density at radius 2 is 1.96 bits per heavy atom. The zero-order valence-electron chi connectivity index (χ0n) is 13.3. The van der Waals surface area contributed by atoms with Gasteiger partial charge in [0.05, 0.1) is 0 Å². The van der Waals surface area contributed by atoms with Crippen LogP contribution in [-0.2, 0) is 9.53 Å². The number of para-hydroxylation sites is 1. The second kappa shape index (κ2) is 7.92. The molecule has 0 bridgehead atoms. The van der Waals surface area contributed by atoms with Crippen LogP contribution in [0, 0.1) is 0 Å². The van der Waals surface area contributed by atoms with Gasteiger partial charge in [0, 0.05) is 24.0 Å². The first kappa shape index (κ1) is 17.2. The summed E-state index contributed by atoms with van der Waals surface area (Å²) in [6.45, 7) is 4.93. The second-order valence-electron chi connectivity index (χ2n) is 5.06. The molecule has 1 heterocycles. The maximum atomic E-state index is 12.3. The fraction of sp³-hybridized carbons (Fsp3) is 0.167. The van der Waals surface area contributed by atoms with Crippen LogP contribution in [0.4, 0.5) is 5.69 Å². The lowest BCUT2D eigenvalue weighted by atomic mass is 10.2. The lowest BCUT2D eigenvalue weighted by Gasteiger charge is -2.21. The largest absolute Gasteiger partial charge is 0.451 e. The van der Waals surface area contributed by atoms with E-state index >= 15 is 0 Å². The molecule has 2 rings (SSSR count). The first-order valence-electron chi connectivity index (χ1n) is 7.35. The number of anilines is 1. The van der Waals surface area contributed by atoms with Crippen molar-refractivity contribution in [1.29, 1.82) is 0 Å². The number of H-pyrrole nitrogens is 1. The zero-order chi connectivity index (χ0) is 17.5. The Morgan fingerprint density at radius 1 is 1.25 bits per heavy atom. The number of carbonyl (C=O) groups is 3. The lowest BCUT2D eigenvalue weighted by molar-refractivity contribution is -0.121. The molecular formula is C18H18N2O4. The second-order valence-corrected chi connectivity index (χ2v) is 5.06. The van der Waals surface area contributed by atoms with Crippen molar-refractivity contribution in [2.75, 3.05) is 18.1 Å². The summed E-state index contributed by atoms with van der Waals surface area (Å²) in [6, 6.07) is 10.4. The number of nitrogens with zero attached hydrogens (tertiary/aromatic N) is 1. The fourth-order valence-electron chi connectivity index (χ4n) is 2.09. The molecule has 6 heteroatoms. The molecule has 0 spiro atoms. The van der Waals surface area contributed by atoms with E-state index in [1.165, 1.54) is 24.1 Å². The minimum absolute atomic E-state index is 0.128. The van der Waals surface area contributed by atoms with Crippen LogP contribution < -0.4 is 4.90 Å². The summed E-state index contributed by atoms with van der Waals surface area (Å²) in [4.78, 5) is 39.6. The van der Waals surface area contributed by atoms with Crippen molar-refractivity contribution >= 4 is 23.3 Å². The molecule has 0 aliphatic rings. The molecule has 1 aromatic carbocycles. The van der Waals surface area contributed by atoms with Crippen LogP contribution in [0.15, 0.2) is 55.3 Å². The fourth-order valence-corrected chi connectivity index (χ4v) is 2.09. The lowest BCUT2D eigenvalue weighted by Crippen LogP contribution is -2.34. The van der Waals surface area contributed by atoms with Gasteiger partial charge in [0.25, 0.3) is 5.91 Å². The monoisotopic (exact) mass is 326 g/mol. The third-order valence-electron chi connectivity index (χ3n) is 3.32. The highest BCUT2D eigenvalue weighted by molar-refractivity contribution is 5.99. The van der Waals surface area contributed by atoms with Crippen molar-refractivity contribution in [3.05, 3.63) is 66.5 Å². The molecule has 0 radical (unpaired) electrons. The van der Waals surface area contributed by atoms with E-state index < -0.39 is 12.6 Å². The van der Waals surface area contributed by atoms with Crippen molar-refractivity contribution < 1.29 is 19.1 Å². The Balaban J connectivity index is 2.00. The van der Waals surface area contributed by atoms with Gasteiger partial charge < -0.3 is 14.6 Å². The predicted octanol–water partition coefficient (Wildman–Crippen LogP) is 2.59. The zero-order valence-corrected chi connectivity index (χ0v) is 13.3.